The molecule has 1 aromatic carbocycles. The highest BCUT2D eigenvalue weighted by atomic mass is 32.2. The van der Waals surface area contributed by atoms with Gasteiger partial charge in [0.25, 0.3) is 5.91 Å². The molecule has 0 spiro atoms. The Kier molecular flexibility index (Phi) is 6.01. The highest BCUT2D eigenvalue weighted by Crippen LogP contribution is 2.27. The van der Waals surface area contributed by atoms with Gasteiger partial charge in [-0.3, -0.25) is 4.79 Å². The van der Waals surface area contributed by atoms with Crippen molar-refractivity contribution in [3.63, 3.8) is 0 Å². The molecule has 2 rings (SSSR count). The second kappa shape index (κ2) is 7.79. The summed E-state index contributed by atoms with van der Waals surface area (Å²) < 4.78 is 33.1. The molecule has 0 aliphatic heterocycles. The fourth-order valence-electron chi connectivity index (χ4n) is 2.70. The number of hydrogen-bond acceptors (Lipinski definition) is 4. The van der Waals surface area contributed by atoms with E-state index in [1.54, 1.807) is 6.07 Å². The van der Waals surface area contributed by atoms with Gasteiger partial charge in [-0.1, -0.05) is 19.8 Å². The molecule has 1 fully saturated rings. The maximum atomic E-state index is 12.6. The monoisotopic (exact) mass is 340 g/mol. The molecule has 1 saturated carbocycles. The van der Waals surface area contributed by atoms with Gasteiger partial charge in [-0.25, -0.2) is 13.1 Å². The van der Waals surface area contributed by atoms with Gasteiger partial charge in [0.1, 0.15) is 10.6 Å². The SMILES string of the molecule is CCCNC(=O)c1ccc(OC)c(S(=O)(=O)NC2CCCC2)c1. The zero-order chi connectivity index (χ0) is 16.9. The summed E-state index contributed by atoms with van der Waals surface area (Å²) in [6.07, 6.45) is 4.57. The summed E-state index contributed by atoms with van der Waals surface area (Å²) in [5.74, 6) is -0.0469. The third kappa shape index (κ3) is 4.45. The fourth-order valence-corrected chi connectivity index (χ4v) is 4.19. The lowest BCUT2D eigenvalue weighted by Crippen LogP contribution is -2.33. The lowest BCUT2D eigenvalue weighted by molar-refractivity contribution is 0.0953. The summed E-state index contributed by atoms with van der Waals surface area (Å²) in [6, 6.07) is 4.42. The van der Waals surface area contributed by atoms with Crippen molar-refractivity contribution in [3.05, 3.63) is 23.8 Å². The molecule has 0 atom stereocenters. The number of nitrogens with one attached hydrogen (secondary N) is 2. The zero-order valence-corrected chi connectivity index (χ0v) is 14.4. The number of carbonyl (C=O) groups excluding carboxylic acids is 1. The van der Waals surface area contributed by atoms with Crippen LogP contribution in [0.2, 0.25) is 0 Å². The van der Waals surface area contributed by atoms with Crippen molar-refractivity contribution in [1.29, 1.82) is 0 Å². The molecule has 1 aliphatic rings. The molecular formula is C16H24N2O4S. The van der Waals surface area contributed by atoms with Gasteiger partial charge in [0.05, 0.1) is 7.11 Å². The Balaban J connectivity index is 2.28. The van der Waals surface area contributed by atoms with E-state index < -0.39 is 10.0 Å². The lowest BCUT2D eigenvalue weighted by atomic mass is 10.2. The first-order valence-corrected chi connectivity index (χ1v) is 9.45. The molecular weight excluding hydrogens is 316 g/mol. The third-order valence-electron chi connectivity index (χ3n) is 3.93. The van der Waals surface area contributed by atoms with Gasteiger partial charge < -0.3 is 10.1 Å². The van der Waals surface area contributed by atoms with Crippen LogP contribution in [0.4, 0.5) is 0 Å². The summed E-state index contributed by atoms with van der Waals surface area (Å²) in [6.45, 7) is 2.50. The third-order valence-corrected chi connectivity index (χ3v) is 5.47. The predicted molar refractivity (Wildman–Crippen MR) is 88.2 cm³/mol. The minimum Gasteiger partial charge on any atom is -0.495 e. The van der Waals surface area contributed by atoms with E-state index in [1.165, 1.54) is 19.2 Å². The van der Waals surface area contributed by atoms with E-state index in [2.05, 4.69) is 10.0 Å². The van der Waals surface area contributed by atoms with Gasteiger partial charge in [0.15, 0.2) is 0 Å². The van der Waals surface area contributed by atoms with Gasteiger partial charge >= 0.3 is 0 Å². The van der Waals surface area contributed by atoms with Crippen LogP contribution in [-0.2, 0) is 10.0 Å². The summed E-state index contributed by atoms with van der Waals surface area (Å²) in [4.78, 5) is 12.1. The number of hydrogen-bond donors (Lipinski definition) is 2. The van der Waals surface area contributed by atoms with E-state index in [1.807, 2.05) is 6.92 Å². The first kappa shape index (κ1) is 17.7. The van der Waals surface area contributed by atoms with Crippen LogP contribution in [0.5, 0.6) is 5.75 Å². The number of methoxy groups -OCH3 is 1. The van der Waals surface area contributed by atoms with Crippen molar-refractivity contribution in [2.75, 3.05) is 13.7 Å². The van der Waals surface area contributed by atoms with Crippen molar-refractivity contribution in [2.45, 2.75) is 50.0 Å². The molecule has 23 heavy (non-hydrogen) atoms. The molecule has 0 radical (unpaired) electrons. The summed E-state index contributed by atoms with van der Waals surface area (Å²) >= 11 is 0. The normalized spacial score (nSPS) is 15.6. The van der Waals surface area contributed by atoms with Crippen molar-refractivity contribution >= 4 is 15.9 Å². The van der Waals surface area contributed by atoms with Crippen LogP contribution in [0.3, 0.4) is 0 Å². The topological polar surface area (TPSA) is 84.5 Å². The molecule has 0 unspecified atom stereocenters. The van der Waals surface area contributed by atoms with E-state index in [4.69, 9.17) is 4.74 Å². The van der Waals surface area contributed by atoms with Crippen LogP contribution in [0.25, 0.3) is 0 Å². The minimum atomic E-state index is -3.72. The highest BCUT2D eigenvalue weighted by molar-refractivity contribution is 7.89. The smallest absolute Gasteiger partial charge is 0.251 e. The van der Waals surface area contributed by atoms with Crippen LogP contribution >= 0.6 is 0 Å². The molecule has 7 heteroatoms. The number of rotatable bonds is 7. The standard InChI is InChI=1S/C16H24N2O4S/c1-3-10-17-16(19)12-8-9-14(22-2)15(11-12)23(20,21)18-13-6-4-5-7-13/h8-9,11,13,18H,3-7,10H2,1-2H3,(H,17,19). The van der Waals surface area contributed by atoms with Gasteiger partial charge in [-0.15, -0.1) is 0 Å². The van der Waals surface area contributed by atoms with Crippen molar-refractivity contribution < 1.29 is 17.9 Å². The highest BCUT2D eigenvalue weighted by Gasteiger charge is 2.26. The van der Waals surface area contributed by atoms with E-state index >= 15 is 0 Å². The van der Waals surface area contributed by atoms with Crippen molar-refractivity contribution in [1.82, 2.24) is 10.0 Å². The summed E-state index contributed by atoms with van der Waals surface area (Å²) in [5, 5.41) is 2.74. The summed E-state index contributed by atoms with van der Waals surface area (Å²) in [7, 11) is -2.30. The average Bonchev–Trinajstić information content (AvgIpc) is 3.04. The summed E-state index contributed by atoms with van der Waals surface area (Å²) in [5.41, 5.74) is 0.311. The number of sulfonamides is 1. The molecule has 0 bridgehead atoms. The van der Waals surface area contributed by atoms with Crippen LogP contribution in [0.1, 0.15) is 49.4 Å². The molecule has 1 amide bonds. The van der Waals surface area contributed by atoms with E-state index in [9.17, 15) is 13.2 Å². The second-order valence-electron chi connectivity index (χ2n) is 5.72. The van der Waals surface area contributed by atoms with Gasteiger partial charge in [0.2, 0.25) is 10.0 Å². The van der Waals surface area contributed by atoms with Crippen LogP contribution < -0.4 is 14.8 Å². The van der Waals surface area contributed by atoms with Crippen LogP contribution in [0.15, 0.2) is 23.1 Å². The molecule has 6 nitrogen and oxygen atoms in total. The van der Waals surface area contributed by atoms with E-state index in [-0.39, 0.29) is 22.6 Å². The number of ether oxygens (including phenoxy) is 1. The number of amides is 1. The fraction of sp³-hybridized carbons (Fsp3) is 0.562. The van der Waals surface area contributed by atoms with Gasteiger partial charge in [-0.05, 0) is 37.5 Å². The van der Waals surface area contributed by atoms with Crippen LogP contribution in [-0.4, -0.2) is 34.0 Å². The maximum Gasteiger partial charge on any atom is 0.251 e. The van der Waals surface area contributed by atoms with Crippen LogP contribution in [0, 0.1) is 0 Å². The van der Waals surface area contributed by atoms with Crippen molar-refractivity contribution in [2.24, 2.45) is 0 Å². The Hall–Kier alpha value is -1.60. The average molecular weight is 340 g/mol. The quantitative estimate of drug-likeness (QED) is 0.796. The zero-order valence-electron chi connectivity index (χ0n) is 13.6. The molecule has 1 aromatic rings. The van der Waals surface area contributed by atoms with E-state index in [0.29, 0.717) is 12.1 Å². The Labute approximate surface area is 137 Å². The molecule has 2 N–H and O–H groups in total. The first-order valence-electron chi connectivity index (χ1n) is 7.96. The molecule has 128 valence electrons. The Morgan fingerprint density at radius 3 is 2.61 bits per heavy atom. The molecule has 0 saturated heterocycles. The van der Waals surface area contributed by atoms with Crippen molar-refractivity contribution in [3.8, 4) is 5.75 Å². The maximum absolute atomic E-state index is 12.6. The predicted octanol–water partition coefficient (Wildman–Crippen LogP) is 2.06. The Morgan fingerprint density at radius 1 is 1.30 bits per heavy atom. The lowest BCUT2D eigenvalue weighted by Gasteiger charge is -2.15. The van der Waals surface area contributed by atoms with Gasteiger partial charge in [0, 0.05) is 18.2 Å². The van der Waals surface area contributed by atoms with E-state index in [0.717, 1.165) is 32.1 Å². The molecule has 0 heterocycles. The first-order chi connectivity index (χ1) is 11.0. The second-order valence-corrected chi connectivity index (χ2v) is 7.41. The number of carbonyl (C=O) groups is 1. The molecule has 1 aliphatic carbocycles. The Bertz CT molecular complexity index is 652. The minimum absolute atomic E-state index is 0.0102. The number of benzene rings is 1. The van der Waals surface area contributed by atoms with Gasteiger partial charge in [-0.2, -0.15) is 0 Å². The Morgan fingerprint density at radius 2 is 2.00 bits per heavy atom. The molecule has 0 aromatic heterocycles. The largest absolute Gasteiger partial charge is 0.495 e.